The number of rotatable bonds is 10. The number of aromatic nitrogens is 4. The van der Waals surface area contributed by atoms with E-state index in [2.05, 4.69) is 20.5 Å². The van der Waals surface area contributed by atoms with Crippen LogP contribution in [-0.2, 0) is 11.3 Å². The van der Waals surface area contributed by atoms with E-state index in [1.807, 2.05) is 60.9 Å². The van der Waals surface area contributed by atoms with E-state index in [1.54, 1.807) is 36.7 Å². The van der Waals surface area contributed by atoms with Crippen LogP contribution in [0.2, 0.25) is 0 Å². The molecule has 7 nitrogen and oxygen atoms in total. The second-order valence-corrected chi connectivity index (χ2v) is 9.50. The second-order valence-electron chi connectivity index (χ2n) is 8.55. The Hall–Kier alpha value is -3.78. The average molecular weight is 486 g/mol. The number of hydrogen-bond donors (Lipinski definition) is 1. The predicted molar refractivity (Wildman–Crippen MR) is 138 cm³/mol. The number of benzene rings is 2. The highest BCUT2D eigenvalue weighted by Crippen LogP contribution is 2.25. The highest BCUT2D eigenvalue weighted by atomic mass is 32.2. The van der Waals surface area contributed by atoms with E-state index in [4.69, 9.17) is 0 Å². The zero-order valence-electron chi connectivity index (χ0n) is 19.7. The fourth-order valence-corrected chi connectivity index (χ4v) is 4.38. The summed E-state index contributed by atoms with van der Waals surface area (Å²) in [7, 11) is 0. The van der Waals surface area contributed by atoms with Crippen LogP contribution in [0, 0.1) is 5.92 Å². The van der Waals surface area contributed by atoms with E-state index in [0.29, 0.717) is 35.2 Å². The van der Waals surface area contributed by atoms with Gasteiger partial charge in [0.2, 0.25) is 5.91 Å². The van der Waals surface area contributed by atoms with E-state index in [1.165, 1.54) is 11.8 Å². The van der Waals surface area contributed by atoms with Crippen molar-refractivity contribution in [3.63, 3.8) is 0 Å². The summed E-state index contributed by atoms with van der Waals surface area (Å²) in [5.74, 6) is 1.16. The van der Waals surface area contributed by atoms with Crippen molar-refractivity contribution in [2.24, 2.45) is 5.92 Å². The third-order valence-electron chi connectivity index (χ3n) is 5.24. The first-order chi connectivity index (χ1) is 17.0. The molecule has 1 amide bonds. The zero-order valence-corrected chi connectivity index (χ0v) is 20.5. The number of carbonyl (C=O) groups is 2. The van der Waals surface area contributed by atoms with Crippen molar-refractivity contribution in [2.45, 2.75) is 32.0 Å². The molecule has 0 spiro atoms. The number of amides is 1. The van der Waals surface area contributed by atoms with Gasteiger partial charge in [-0.15, -0.1) is 10.2 Å². The minimum absolute atomic E-state index is 0.0211. The summed E-state index contributed by atoms with van der Waals surface area (Å²) in [5, 5.41) is 12.3. The topological polar surface area (TPSA) is 89.8 Å². The Morgan fingerprint density at radius 1 is 0.971 bits per heavy atom. The third-order valence-corrected chi connectivity index (χ3v) is 6.20. The van der Waals surface area contributed by atoms with Crippen LogP contribution in [0.25, 0.3) is 11.4 Å². The summed E-state index contributed by atoms with van der Waals surface area (Å²) in [6, 6.07) is 20.9. The van der Waals surface area contributed by atoms with Gasteiger partial charge < -0.3 is 5.32 Å². The number of Topliss-reactive ketones (excluding diaryl/α,β-unsaturated/α-hetero) is 1. The van der Waals surface area contributed by atoms with Crippen LogP contribution in [0.15, 0.2) is 84.3 Å². The van der Waals surface area contributed by atoms with E-state index in [9.17, 15) is 9.59 Å². The zero-order chi connectivity index (χ0) is 24.6. The van der Waals surface area contributed by atoms with Crippen molar-refractivity contribution in [1.82, 2.24) is 19.7 Å². The average Bonchev–Trinajstić information content (AvgIpc) is 3.26. The molecule has 0 radical (unpaired) electrons. The fraction of sp³-hybridized carbons (Fsp3) is 0.222. The summed E-state index contributed by atoms with van der Waals surface area (Å²) in [5.41, 5.74) is 3.24. The van der Waals surface area contributed by atoms with Crippen molar-refractivity contribution in [3.8, 4) is 11.4 Å². The van der Waals surface area contributed by atoms with Crippen LogP contribution in [0.5, 0.6) is 0 Å². The number of thioether (sulfide) groups is 1. The molecule has 4 rings (SSSR count). The molecule has 1 N–H and O–H groups in total. The molecule has 35 heavy (non-hydrogen) atoms. The molecule has 0 aliphatic heterocycles. The summed E-state index contributed by atoms with van der Waals surface area (Å²) in [6.07, 6.45) is 3.94. The van der Waals surface area contributed by atoms with Gasteiger partial charge in [0.15, 0.2) is 16.8 Å². The Kier molecular flexibility index (Phi) is 8.05. The van der Waals surface area contributed by atoms with Crippen LogP contribution in [0.3, 0.4) is 0 Å². The SMILES string of the molecule is CC(C)CC(=O)Nc1ccc(C(=O)CSc2nnc(-c3cccnc3)n2Cc2ccccc2)cc1. The maximum absolute atomic E-state index is 12.9. The summed E-state index contributed by atoms with van der Waals surface area (Å²) in [6.45, 7) is 4.58. The van der Waals surface area contributed by atoms with E-state index < -0.39 is 0 Å². The smallest absolute Gasteiger partial charge is 0.224 e. The number of pyridine rings is 1. The minimum atomic E-state index is -0.0307. The lowest BCUT2D eigenvalue weighted by Crippen LogP contribution is -2.14. The molecule has 2 aromatic heterocycles. The minimum Gasteiger partial charge on any atom is -0.326 e. The van der Waals surface area contributed by atoms with Gasteiger partial charge in [0, 0.05) is 35.6 Å². The molecule has 0 aliphatic rings. The van der Waals surface area contributed by atoms with E-state index >= 15 is 0 Å². The first-order valence-corrected chi connectivity index (χ1v) is 12.4. The standard InChI is InChI=1S/C27H27N5O2S/c1-19(2)15-25(34)29-23-12-10-21(11-13-23)24(33)18-35-27-31-30-26(22-9-6-14-28-16-22)32(27)17-20-7-4-3-5-8-20/h3-14,16,19H,15,17-18H2,1-2H3,(H,29,34). The quantitative estimate of drug-likeness (QED) is 0.241. The normalized spacial score (nSPS) is 10.9. The lowest BCUT2D eigenvalue weighted by molar-refractivity contribution is -0.116. The van der Waals surface area contributed by atoms with Gasteiger partial charge in [0.1, 0.15) is 0 Å². The summed E-state index contributed by atoms with van der Waals surface area (Å²) < 4.78 is 2.01. The van der Waals surface area contributed by atoms with Crippen LogP contribution in [0.1, 0.15) is 36.2 Å². The Bertz CT molecular complexity index is 1270. The number of nitrogens with zero attached hydrogens (tertiary/aromatic N) is 4. The molecule has 0 unspecified atom stereocenters. The largest absolute Gasteiger partial charge is 0.326 e. The number of ketones is 1. The van der Waals surface area contributed by atoms with Crippen LogP contribution in [-0.4, -0.2) is 37.2 Å². The highest BCUT2D eigenvalue weighted by molar-refractivity contribution is 7.99. The van der Waals surface area contributed by atoms with Gasteiger partial charge in [-0.2, -0.15) is 0 Å². The van der Waals surface area contributed by atoms with Gasteiger partial charge in [-0.3, -0.25) is 19.1 Å². The Balaban J connectivity index is 1.46. The van der Waals surface area contributed by atoms with Gasteiger partial charge in [-0.25, -0.2) is 0 Å². The number of hydrogen-bond acceptors (Lipinski definition) is 6. The molecule has 0 aliphatic carbocycles. The molecule has 0 atom stereocenters. The van der Waals surface area contributed by atoms with Crippen molar-refractivity contribution >= 4 is 29.1 Å². The maximum atomic E-state index is 12.9. The molecule has 0 bridgehead atoms. The Morgan fingerprint density at radius 3 is 2.43 bits per heavy atom. The van der Waals surface area contributed by atoms with Gasteiger partial charge in [-0.05, 0) is 47.9 Å². The van der Waals surface area contributed by atoms with Crippen molar-refractivity contribution < 1.29 is 9.59 Å². The number of nitrogens with one attached hydrogen (secondary N) is 1. The van der Waals surface area contributed by atoms with Gasteiger partial charge in [-0.1, -0.05) is 55.9 Å². The third kappa shape index (κ3) is 6.64. The van der Waals surface area contributed by atoms with Gasteiger partial charge in [0.05, 0.1) is 12.3 Å². The van der Waals surface area contributed by atoms with E-state index in [0.717, 1.165) is 11.1 Å². The molecule has 4 aromatic rings. The number of carbonyl (C=O) groups excluding carboxylic acids is 2. The molecule has 0 saturated carbocycles. The lowest BCUT2D eigenvalue weighted by atomic mass is 10.1. The predicted octanol–water partition coefficient (Wildman–Crippen LogP) is 5.35. The molecular formula is C27H27N5O2S. The Labute approximate surface area is 209 Å². The van der Waals surface area contributed by atoms with Crippen LogP contribution in [0.4, 0.5) is 5.69 Å². The summed E-state index contributed by atoms with van der Waals surface area (Å²) >= 11 is 1.36. The molecule has 2 aromatic carbocycles. The lowest BCUT2D eigenvalue weighted by Gasteiger charge is -2.10. The Morgan fingerprint density at radius 2 is 1.74 bits per heavy atom. The van der Waals surface area contributed by atoms with Gasteiger partial charge >= 0.3 is 0 Å². The van der Waals surface area contributed by atoms with Crippen molar-refractivity contribution in [3.05, 3.63) is 90.3 Å². The monoisotopic (exact) mass is 485 g/mol. The molecule has 178 valence electrons. The summed E-state index contributed by atoms with van der Waals surface area (Å²) in [4.78, 5) is 29.0. The first kappa shape index (κ1) is 24.3. The highest BCUT2D eigenvalue weighted by Gasteiger charge is 2.17. The fourth-order valence-electron chi connectivity index (χ4n) is 3.55. The number of anilines is 1. The maximum Gasteiger partial charge on any atom is 0.224 e. The molecule has 8 heteroatoms. The van der Waals surface area contributed by atoms with Gasteiger partial charge in [0.25, 0.3) is 0 Å². The van der Waals surface area contributed by atoms with Crippen molar-refractivity contribution in [1.29, 1.82) is 0 Å². The van der Waals surface area contributed by atoms with Crippen LogP contribution < -0.4 is 5.32 Å². The molecule has 2 heterocycles. The molecule has 0 fully saturated rings. The molecule has 0 saturated heterocycles. The first-order valence-electron chi connectivity index (χ1n) is 11.4. The second kappa shape index (κ2) is 11.6. The van der Waals surface area contributed by atoms with Crippen LogP contribution >= 0.6 is 11.8 Å². The van der Waals surface area contributed by atoms with Crippen molar-refractivity contribution in [2.75, 3.05) is 11.1 Å². The van der Waals surface area contributed by atoms with E-state index in [-0.39, 0.29) is 23.4 Å². The molecular weight excluding hydrogens is 458 g/mol.